The predicted molar refractivity (Wildman–Crippen MR) is 39.5 cm³/mol. The van der Waals surface area contributed by atoms with E-state index in [4.69, 9.17) is 5.73 Å². The van der Waals surface area contributed by atoms with Crippen molar-refractivity contribution in [2.24, 2.45) is 0 Å². The first-order valence-corrected chi connectivity index (χ1v) is 3.68. The molecule has 1 saturated carbocycles. The molecule has 51 valence electrons. The van der Waals surface area contributed by atoms with Gasteiger partial charge in [0.05, 0.1) is 0 Å². The van der Waals surface area contributed by atoms with Crippen LogP contribution in [0.4, 0.5) is 0 Å². The Bertz CT molecular complexity index is 217. The van der Waals surface area contributed by atoms with Crippen LogP contribution in [0.15, 0.2) is 30.3 Å². The molecule has 1 heteroatoms. The second-order valence-electron chi connectivity index (χ2n) is 2.92. The van der Waals surface area contributed by atoms with Gasteiger partial charge in [0.1, 0.15) is 6.04 Å². The Morgan fingerprint density at radius 1 is 1.20 bits per heavy atom. The first-order valence-electron chi connectivity index (χ1n) is 3.68. The molecule has 2 rings (SSSR count). The van der Waals surface area contributed by atoms with Gasteiger partial charge in [0.15, 0.2) is 0 Å². The van der Waals surface area contributed by atoms with Crippen molar-refractivity contribution in [1.82, 2.24) is 0 Å². The summed E-state index contributed by atoms with van der Waals surface area (Å²) in [7, 11) is 0. The first-order chi connectivity index (χ1) is 4.88. The fourth-order valence-electron chi connectivity index (χ4n) is 1.30. The van der Waals surface area contributed by atoms with Crippen molar-refractivity contribution >= 4 is 0 Å². The van der Waals surface area contributed by atoms with Crippen LogP contribution in [-0.2, 0) is 0 Å². The minimum Gasteiger partial charge on any atom is -0.192 e. The SMILES string of the molecule is [NH2+][C@H]1C[C@@H]1c1ccccc1. The molecule has 0 aliphatic heterocycles. The normalized spacial score (nSPS) is 30.1. The van der Waals surface area contributed by atoms with E-state index in [9.17, 15) is 0 Å². The van der Waals surface area contributed by atoms with E-state index in [0.717, 1.165) is 0 Å². The van der Waals surface area contributed by atoms with Gasteiger partial charge in [0.2, 0.25) is 0 Å². The lowest BCUT2D eigenvalue weighted by molar-refractivity contribution is -0.386. The quantitative estimate of drug-likeness (QED) is 0.579. The van der Waals surface area contributed by atoms with Gasteiger partial charge in [0.25, 0.3) is 0 Å². The van der Waals surface area contributed by atoms with E-state index in [2.05, 4.69) is 24.3 Å². The summed E-state index contributed by atoms with van der Waals surface area (Å²) in [6.07, 6.45) is 1.17. The van der Waals surface area contributed by atoms with Gasteiger partial charge in [-0.05, 0) is 5.56 Å². The second kappa shape index (κ2) is 2.10. The molecule has 2 atom stereocenters. The largest absolute Gasteiger partial charge is 0.192 e. The van der Waals surface area contributed by atoms with Crippen LogP contribution in [0, 0.1) is 0 Å². The highest BCUT2D eigenvalue weighted by molar-refractivity contribution is 5.25. The lowest BCUT2D eigenvalue weighted by atomic mass is 10.1. The Balaban J connectivity index is 2.20. The third kappa shape index (κ3) is 0.929. The fourth-order valence-corrected chi connectivity index (χ4v) is 1.30. The summed E-state index contributed by atoms with van der Waals surface area (Å²) < 4.78 is 0. The van der Waals surface area contributed by atoms with Crippen molar-refractivity contribution in [3.8, 4) is 0 Å². The number of hydrogen-bond acceptors (Lipinski definition) is 1. The Morgan fingerprint density at radius 2 is 1.80 bits per heavy atom. The molecule has 1 aliphatic carbocycles. The van der Waals surface area contributed by atoms with E-state index >= 15 is 0 Å². The zero-order chi connectivity index (χ0) is 6.97. The number of benzene rings is 1. The molecule has 0 bridgehead atoms. The van der Waals surface area contributed by atoms with E-state index in [-0.39, 0.29) is 0 Å². The Morgan fingerprint density at radius 3 is 2.30 bits per heavy atom. The van der Waals surface area contributed by atoms with Gasteiger partial charge in [0, 0.05) is 12.3 Å². The van der Waals surface area contributed by atoms with E-state index in [1.165, 1.54) is 12.0 Å². The summed E-state index contributed by atoms with van der Waals surface area (Å²) in [6.45, 7) is 0. The van der Waals surface area contributed by atoms with E-state index in [0.29, 0.717) is 12.0 Å². The number of rotatable bonds is 1. The molecule has 1 radical (unpaired) electrons. The van der Waals surface area contributed by atoms with Gasteiger partial charge < -0.3 is 0 Å². The molecule has 1 aliphatic rings. The Hall–Kier alpha value is -0.820. The van der Waals surface area contributed by atoms with Crippen LogP contribution in [-0.4, -0.2) is 6.04 Å². The molecule has 1 fully saturated rings. The van der Waals surface area contributed by atoms with Gasteiger partial charge in [-0.25, -0.2) is 0 Å². The third-order valence-electron chi connectivity index (χ3n) is 2.07. The maximum Gasteiger partial charge on any atom is 0.136 e. The highest BCUT2D eigenvalue weighted by Crippen LogP contribution is 2.37. The molecule has 0 heterocycles. The molecule has 0 amide bonds. The van der Waals surface area contributed by atoms with Crippen LogP contribution >= 0.6 is 0 Å². The first kappa shape index (κ1) is 5.93. The standard InChI is InChI=1S/C9H11N/c10-9-6-8(9)7-4-2-1-3-5-7/h1-5,8-9H,6,10H2/q+1/t8-,9+/m1/s1. The van der Waals surface area contributed by atoms with Crippen molar-refractivity contribution < 1.29 is 5.73 Å². The molecule has 0 spiro atoms. The maximum atomic E-state index is 5.70. The van der Waals surface area contributed by atoms with Crippen LogP contribution in [0.3, 0.4) is 0 Å². The molecule has 1 aromatic carbocycles. The molecule has 0 saturated heterocycles. The van der Waals surface area contributed by atoms with Crippen molar-refractivity contribution in [3.05, 3.63) is 35.9 Å². The summed E-state index contributed by atoms with van der Waals surface area (Å²) in [5.74, 6) is 0.654. The number of nitrogens with two attached hydrogens (primary N) is 1. The maximum absolute atomic E-state index is 5.70. The van der Waals surface area contributed by atoms with Gasteiger partial charge in [-0.1, -0.05) is 30.3 Å². The summed E-state index contributed by atoms with van der Waals surface area (Å²) in [4.78, 5) is 0. The second-order valence-corrected chi connectivity index (χ2v) is 2.92. The Kier molecular flexibility index (Phi) is 1.24. The fraction of sp³-hybridized carbons (Fsp3) is 0.333. The Labute approximate surface area is 60.9 Å². The topological polar surface area (TPSA) is 25.3 Å². The zero-order valence-electron chi connectivity index (χ0n) is 5.83. The van der Waals surface area contributed by atoms with Crippen LogP contribution in [0.1, 0.15) is 17.9 Å². The van der Waals surface area contributed by atoms with Gasteiger partial charge in [-0.3, -0.25) is 0 Å². The molecule has 0 aromatic heterocycles. The summed E-state index contributed by atoms with van der Waals surface area (Å²) >= 11 is 0. The van der Waals surface area contributed by atoms with Crippen molar-refractivity contribution in [2.75, 3.05) is 0 Å². The average molecular weight is 133 g/mol. The summed E-state index contributed by atoms with van der Waals surface area (Å²) in [5, 5.41) is 0. The zero-order valence-corrected chi connectivity index (χ0v) is 5.83. The van der Waals surface area contributed by atoms with Gasteiger partial charge >= 0.3 is 0 Å². The average Bonchev–Trinajstić information content (AvgIpc) is 2.69. The van der Waals surface area contributed by atoms with Crippen molar-refractivity contribution in [3.63, 3.8) is 0 Å². The van der Waals surface area contributed by atoms with E-state index < -0.39 is 0 Å². The van der Waals surface area contributed by atoms with Crippen LogP contribution in [0.25, 0.3) is 0 Å². The summed E-state index contributed by atoms with van der Waals surface area (Å²) in [6, 6.07) is 10.9. The van der Waals surface area contributed by atoms with E-state index in [1.807, 2.05) is 6.07 Å². The molecule has 10 heavy (non-hydrogen) atoms. The van der Waals surface area contributed by atoms with E-state index in [1.54, 1.807) is 0 Å². The minimum atomic E-state index is 0.433. The summed E-state index contributed by atoms with van der Waals surface area (Å²) in [5.41, 5.74) is 7.10. The molecule has 0 unspecified atom stereocenters. The lowest BCUT2D eigenvalue weighted by Gasteiger charge is -1.92. The van der Waals surface area contributed by atoms with Crippen LogP contribution in [0.2, 0.25) is 0 Å². The third-order valence-corrected chi connectivity index (χ3v) is 2.07. The highest BCUT2D eigenvalue weighted by Gasteiger charge is 2.40. The van der Waals surface area contributed by atoms with Gasteiger partial charge in [-0.2, -0.15) is 5.73 Å². The number of hydrogen-bond donors (Lipinski definition) is 1. The van der Waals surface area contributed by atoms with Crippen LogP contribution < -0.4 is 5.73 Å². The smallest absolute Gasteiger partial charge is 0.136 e. The monoisotopic (exact) mass is 133 g/mol. The molecular weight excluding hydrogens is 122 g/mol. The molecule has 1 aromatic rings. The molecule has 1 nitrogen and oxygen atoms in total. The van der Waals surface area contributed by atoms with Crippen molar-refractivity contribution in [2.45, 2.75) is 18.4 Å². The highest BCUT2D eigenvalue weighted by atomic mass is 14.7. The molecular formula is C9H11N+. The molecule has 2 N–H and O–H groups in total. The van der Waals surface area contributed by atoms with Gasteiger partial charge in [-0.15, -0.1) is 0 Å². The predicted octanol–water partition coefficient (Wildman–Crippen LogP) is 0.570. The minimum absolute atomic E-state index is 0.433. The lowest BCUT2D eigenvalue weighted by Crippen LogP contribution is -2.53. The van der Waals surface area contributed by atoms with Crippen LogP contribution in [0.5, 0.6) is 0 Å². The van der Waals surface area contributed by atoms with Crippen molar-refractivity contribution in [1.29, 1.82) is 0 Å².